The maximum atomic E-state index is 11.9. The summed E-state index contributed by atoms with van der Waals surface area (Å²) in [6.45, 7) is 4.51. The molecule has 1 aromatic carbocycles. The van der Waals surface area contributed by atoms with Crippen molar-refractivity contribution in [3.05, 3.63) is 57.7 Å². The van der Waals surface area contributed by atoms with Crippen molar-refractivity contribution in [2.24, 2.45) is 0 Å². The van der Waals surface area contributed by atoms with E-state index >= 15 is 0 Å². The SMILES string of the molecule is CC1=C(C)C(N2CC(N(C=O)c3cc(I)c(I)c(I)c3)=CN2)=CC(=O)C1. The van der Waals surface area contributed by atoms with Crippen molar-refractivity contribution >= 4 is 85.7 Å². The van der Waals surface area contributed by atoms with Crippen LogP contribution in [0, 0.1) is 10.7 Å². The van der Waals surface area contributed by atoms with Gasteiger partial charge in [-0.25, -0.2) is 0 Å². The van der Waals surface area contributed by atoms with Crippen LogP contribution in [0.2, 0.25) is 0 Å². The van der Waals surface area contributed by atoms with Gasteiger partial charge in [0.2, 0.25) is 6.41 Å². The first kappa shape index (κ1) is 20.1. The molecule has 0 saturated carbocycles. The van der Waals surface area contributed by atoms with Crippen LogP contribution in [-0.4, -0.2) is 23.7 Å². The Kier molecular flexibility index (Phi) is 6.32. The van der Waals surface area contributed by atoms with Crippen LogP contribution in [0.5, 0.6) is 0 Å². The summed E-state index contributed by atoms with van der Waals surface area (Å²) >= 11 is 6.87. The van der Waals surface area contributed by atoms with Crippen molar-refractivity contribution in [2.45, 2.75) is 20.3 Å². The zero-order valence-electron chi connectivity index (χ0n) is 14.1. The second kappa shape index (κ2) is 8.17. The Morgan fingerprint density at radius 3 is 2.46 bits per heavy atom. The summed E-state index contributed by atoms with van der Waals surface area (Å²) in [6, 6.07) is 4.00. The topological polar surface area (TPSA) is 52.6 Å². The largest absolute Gasteiger partial charge is 0.303 e. The summed E-state index contributed by atoms with van der Waals surface area (Å²) in [6.07, 6.45) is 4.80. The normalized spacial score (nSPS) is 17.1. The molecule has 0 atom stereocenters. The average molecular weight is 687 g/mol. The summed E-state index contributed by atoms with van der Waals surface area (Å²) < 4.78 is 3.39. The Morgan fingerprint density at radius 1 is 1.19 bits per heavy atom. The number of carbonyl (C=O) groups is 2. The highest BCUT2D eigenvalue weighted by Crippen LogP contribution is 2.31. The number of carbonyl (C=O) groups excluding carboxylic acids is 2. The quantitative estimate of drug-likeness (QED) is 0.292. The van der Waals surface area contributed by atoms with Crippen LogP contribution < -0.4 is 10.3 Å². The number of rotatable bonds is 4. The molecule has 136 valence electrons. The van der Waals surface area contributed by atoms with E-state index in [1.165, 1.54) is 3.57 Å². The van der Waals surface area contributed by atoms with Gasteiger partial charge in [-0.05, 0) is 99.3 Å². The molecule has 1 heterocycles. The van der Waals surface area contributed by atoms with E-state index in [1.54, 1.807) is 11.0 Å². The molecular weight excluding hydrogens is 671 g/mol. The molecule has 0 fully saturated rings. The van der Waals surface area contributed by atoms with Crippen LogP contribution in [-0.2, 0) is 9.59 Å². The molecule has 0 radical (unpaired) electrons. The van der Waals surface area contributed by atoms with Gasteiger partial charge in [-0.3, -0.25) is 19.5 Å². The molecule has 0 unspecified atom stereocenters. The fourth-order valence-corrected chi connectivity index (χ4v) is 4.93. The molecule has 3 rings (SSSR count). The summed E-state index contributed by atoms with van der Waals surface area (Å²) in [5.74, 6) is 0.104. The number of nitrogens with zero attached hydrogens (tertiary/aromatic N) is 2. The molecule has 1 N–H and O–H groups in total. The van der Waals surface area contributed by atoms with Gasteiger partial charge in [-0.2, -0.15) is 0 Å². The molecular formula is C18H16I3N3O2. The number of hydrazine groups is 1. The lowest BCUT2D eigenvalue weighted by Gasteiger charge is -2.27. The zero-order valence-corrected chi connectivity index (χ0v) is 20.6. The minimum absolute atomic E-state index is 0.104. The lowest BCUT2D eigenvalue weighted by molar-refractivity contribution is -0.114. The van der Waals surface area contributed by atoms with Crippen LogP contribution in [0.4, 0.5) is 5.69 Å². The number of hydrogen-bond donors (Lipinski definition) is 1. The zero-order chi connectivity index (χ0) is 19.0. The third-order valence-corrected chi connectivity index (χ3v) is 9.35. The van der Waals surface area contributed by atoms with E-state index in [1.807, 2.05) is 37.2 Å². The number of allylic oxidation sites excluding steroid dienone is 3. The first-order valence-corrected chi connectivity index (χ1v) is 11.1. The Hall–Kier alpha value is -0.630. The molecule has 5 nitrogen and oxygen atoms in total. The predicted molar refractivity (Wildman–Crippen MR) is 127 cm³/mol. The number of halogens is 3. The van der Waals surface area contributed by atoms with Gasteiger partial charge in [-0.15, -0.1) is 0 Å². The van der Waals surface area contributed by atoms with Gasteiger partial charge in [0.1, 0.15) is 0 Å². The van der Waals surface area contributed by atoms with Crippen LogP contribution in [0.15, 0.2) is 46.9 Å². The van der Waals surface area contributed by atoms with Gasteiger partial charge in [0, 0.05) is 29.4 Å². The maximum Gasteiger partial charge on any atom is 0.218 e. The summed E-state index contributed by atoms with van der Waals surface area (Å²) in [7, 11) is 0. The fourth-order valence-electron chi connectivity index (χ4n) is 2.89. The average Bonchev–Trinajstić information content (AvgIpc) is 3.06. The molecule has 26 heavy (non-hydrogen) atoms. The van der Waals surface area contributed by atoms with Crippen molar-refractivity contribution in [3.63, 3.8) is 0 Å². The molecule has 1 aliphatic carbocycles. The monoisotopic (exact) mass is 687 g/mol. The van der Waals surface area contributed by atoms with Crippen molar-refractivity contribution in [1.29, 1.82) is 0 Å². The number of anilines is 1. The summed E-state index contributed by atoms with van der Waals surface area (Å²) in [5.41, 5.74) is 7.89. The highest BCUT2D eigenvalue weighted by Gasteiger charge is 2.26. The minimum atomic E-state index is 0.104. The maximum absolute atomic E-state index is 11.9. The standard InChI is InChI=1S/C18H16I3N3O2/c1-10-3-14(26)6-17(11(10)2)24-8-13(7-22-24)23(9-25)12-4-15(19)18(21)16(20)5-12/h4-7,9,22H,3,8H2,1-2H3. The first-order chi connectivity index (χ1) is 12.3. The fraction of sp³-hybridized carbons (Fsp3) is 0.222. The Morgan fingerprint density at radius 2 is 1.85 bits per heavy atom. The lowest BCUT2D eigenvalue weighted by atomic mass is 9.96. The van der Waals surface area contributed by atoms with Crippen LogP contribution >= 0.6 is 67.8 Å². The van der Waals surface area contributed by atoms with E-state index in [-0.39, 0.29) is 5.78 Å². The molecule has 8 heteroatoms. The Bertz CT molecular complexity index is 867. The Balaban J connectivity index is 1.85. The van der Waals surface area contributed by atoms with E-state index < -0.39 is 0 Å². The van der Waals surface area contributed by atoms with E-state index in [0.29, 0.717) is 13.0 Å². The summed E-state index contributed by atoms with van der Waals surface area (Å²) in [5, 5.41) is 1.91. The second-order valence-corrected chi connectivity index (χ2v) is 9.53. The summed E-state index contributed by atoms with van der Waals surface area (Å²) in [4.78, 5) is 25.4. The van der Waals surface area contributed by atoms with Gasteiger partial charge < -0.3 is 5.43 Å². The molecule has 0 saturated heterocycles. The van der Waals surface area contributed by atoms with Gasteiger partial charge in [0.05, 0.1) is 23.6 Å². The number of ketones is 1. The predicted octanol–water partition coefficient (Wildman–Crippen LogP) is 4.32. The van der Waals surface area contributed by atoms with E-state index in [9.17, 15) is 9.59 Å². The van der Waals surface area contributed by atoms with Crippen molar-refractivity contribution < 1.29 is 9.59 Å². The third kappa shape index (κ3) is 3.96. The second-order valence-electron chi connectivity index (χ2n) is 6.13. The lowest BCUT2D eigenvalue weighted by Crippen LogP contribution is -2.33. The number of nitrogens with one attached hydrogen (secondary N) is 1. The molecule has 2 aliphatic rings. The van der Waals surface area contributed by atoms with Gasteiger partial charge >= 0.3 is 0 Å². The van der Waals surface area contributed by atoms with Crippen LogP contribution in [0.25, 0.3) is 0 Å². The van der Waals surface area contributed by atoms with Crippen molar-refractivity contribution in [3.8, 4) is 0 Å². The smallest absolute Gasteiger partial charge is 0.218 e. The molecule has 1 aromatic rings. The number of benzene rings is 1. The van der Waals surface area contributed by atoms with Gasteiger partial charge in [0.25, 0.3) is 0 Å². The molecule has 0 bridgehead atoms. The Labute approximate surface area is 193 Å². The van der Waals surface area contributed by atoms with E-state index in [0.717, 1.165) is 41.8 Å². The van der Waals surface area contributed by atoms with E-state index in [4.69, 9.17) is 0 Å². The third-order valence-electron chi connectivity index (χ3n) is 4.42. The molecule has 1 amide bonds. The molecule has 1 aliphatic heterocycles. The number of hydrogen-bond acceptors (Lipinski definition) is 4. The minimum Gasteiger partial charge on any atom is -0.303 e. The van der Waals surface area contributed by atoms with Gasteiger partial charge in [-0.1, -0.05) is 5.57 Å². The highest BCUT2D eigenvalue weighted by atomic mass is 127. The van der Waals surface area contributed by atoms with Crippen LogP contribution in [0.3, 0.4) is 0 Å². The molecule has 0 spiro atoms. The van der Waals surface area contributed by atoms with E-state index in [2.05, 4.69) is 73.2 Å². The van der Waals surface area contributed by atoms with Crippen molar-refractivity contribution in [1.82, 2.24) is 10.4 Å². The molecule has 0 aromatic heterocycles. The van der Waals surface area contributed by atoms with Crippen molar-refractivity contribution in [2.75, 3.05) is 11.4 Å². The number of amides is 1. The first-order valence-electron chi connectivity index (χ1n) is 7.85. The van der Waals surface area contributed by atoms with Gasteiger partial charge in [0.15, 0.2) is 5.78 Å². The highest BCUT2D eigenvalue weighted by molar-refractivity contribution is 14.1. The van der Waals surface area contributed by atoms with Crippen LogP contribution in [0.1, 0.15) is 20.3 Å².